The highest BCUT2D eigenvalue weighted by molar-refractivity contribution is 6.07. The number of carboxylic acid groups (broad SMARTS) is 1. The van der Waals surface area contributed by atoms with E-state index in [9.17, 15) is 14.7 Å². The minimum Gasteiger partial charge on any atom is -0.508 e. The fourth-order valence-corrected chi connectivity index (χ4v) is 1.72. The lowest BCUT2D eigenvalue weighted by atomic mass is 10.1. The highest BCUT2D eigenvalue weighted by Gasteiger charge is 2.16. The van der Waals surface area contributed by atoms with Gasteiger partial charge in [-0.25, -0.2) is 4.79 Å². The third kappa shape index (κ3) is 2.74. The molecule has 2 aromatic rings. The number of rotatable bonds is 3. The lowest BCUT2D eigenvalue weighted by molar-refractivity contribution is 0.0697. The Hall–Kier alpha value is -2.89. The van der Waals surface area contributed by atoms with Gasteiger partial charge < -0.3 is 15.5 Å². The van der Waals surface area contributed by atoms with Crippen molar-refractivity contribution in [3.05, 3.63) is 53.3 Å². The van der Waals surface area contributed by atoms with Gasteiger partial charge in [-0.1, -0.05) is 6.07 Å². The topological polar surface area (TPSA) is 99.5 Å². The number of carboxylic acids is 1. The lowest BCUT2D eigenvalue weighted by Crippen LogP contribution is -2.17. The molecule has 0 spiro atoms. The molecule has 0 aliphatic carbocycles. The maximum Gasteiger partial charge on any atom is 0.337 e. The number of nitrogens with one attached hydrogen (secondary N) is 1. The monoisotopic (exact) mass is 272 g/mol. The number of hydrogen-bond acceptors (Lipinski definition) is 4. The number of aryl methyl sites for hydroxylation is 1. The Morgan fingerprint density at radius 3 is 2.65 bits per heavy atom. The number of aromatic nitrogens is 1. The van der Waals surface area contributed by atoms with Crippen molar-refractivity contribution in [3.8, 4) is 5.75 Å². The molecule has 0 saturated carbocycles. The molecule has 3 N–H and O–H groups in total. The van der Waals surface area contributed by atoms with E-state index >= 15 is 0 Å². The summed E-state index contributed by atoms with van der Waals surface area (Å²) in [7, 11) is 0. The molecule has 6 heteroatoms. The van der Waals surface area contributed by atoms with Gasteiger partial charge in [-0.15, -0.1) is 0 Å². The molecule has 0 aliphatic heterocycles. The molecular weight excluding hydrogens is 260 g/mol. The fourth-order valence-electron chi connectivity index (χ4n) is 1.72. The van der Waals surface area contributed by atoms with Gasteiger partial charge in [-0.05, 0) is 36.8 Å². The van der Waals surface area contributed by atoms with Gasteiger partial charge in [0.05, 0.1) is 11.3 Å². The summed E-state index contributed by atoms with van der Waals surface area (Å²) < 4.78 is 0. The number of amides is 1. The fraction of sp³-hybridized carbons (Fsp3) is 0.0714. The van der Waals surface area contributed by atoms with Gasteiger partial charge in [0.15, 0.2) is 0 Å². The Bertz CT molecular complexity index is 683. The molecule has 2 rings (SSSR count). The lowest BCUT2D eigenvalue weighted by Gasteiger charge is -2.09. The van der Waals surface area contributed by atoms with E-state index < -0.39 is 11.9 Å². The van der Waals surface area contributed by atoms with Crippen molar-refractivity contribution in [3.63, 3.8) is 0 Å². The molecule has 0 bridgehead atoms. The van der Waals surface area contributed by atoms with Gasteiger partial charge in [0, 0.05) is 6.20 Å². The summed E-state index contributed by atoms with van der Waals surface area (Å²) in [6.07, 6.45) is 1.48. The molecule has 1 aromatic heterocycles. The highest BCUT2D eigenvalue weighted by atomic mass is 16.4. The molecule has 102 valence electrons. The largest absolute Gasteiger partial charge is 0.508 e. The van der Waals surface area contributed by atoms with E-state index in [1.807, 2.05) is 0 Å². The van der Waals surface area contributed by atoms with Crippen LogP contribution in [0.15, 0.2) is 36.5 Å². The van der Waals surface area contributed by atoms with Crippen LogP contribution >= 0.6 is 0 Å². The third-order valence-corrected chi connectivity index (χ3v) is 2.71. The number of benzene rings is 1. The number of hydrogen-bond donors (Lipinski definition) is 3. The first-order chi connectivity index (χ1) is 9.49. The number of pyridine rings is 1. The van der Waals surface area contributed by atoms with E-state index in [-0.39, 0.29) is 22.7 Å². The number of anilines is 1. The molecule has 1 aromatic carbocycles. The number of carbonyl (C=O) groups is 2. The quantitative estimate of drug-likeness (QED) is 0.742. The van der Waals surface area contributed by atoms with Crippen LogP contribution in [0.3, 0.4) is 0 Å². The van der Waals surface area contributed by atoms with Crippen LogP contribution in [0.25, 0.3) is 0 Å². The molecule has 6 nitrogen and oxygen atoms in total. The summed E-state index contributed by atoms with van der Waals surface area (Å²) >= 11 is 0. The molecule has 0 fully saturated rings. The van der Waals surface area contributed by atoms with Gasteiger partial charge in [0.25, 0.3) is 5.91 Å². The van der Waals surface area contributed by atoms with E-state index in [0.29, 0.717) is 5.56 Å². The van der Waals surface area contributed by atoms with Gasteiger partial charge in [0.2, 0.25) is 0 Å². The van der Waals surface area contributed by atoms with Crippen molar-refractivity contribution < 1.29 is 19.8 Å². The second-order valence-corrected chi connectivity index (χ2v) is 4.16. The summed E-state index contributed by atoms with van der Waals surface area (Å²) in [6, 6.07) is 7.14. The number of nitrogens with zero attached hydrogens (tertiary/aromatic N) is 1. The number of phenolic OH excluding ortho intramolecular Hbond substituents is 1. The predicted octanol–water partition coefficient (Wildman–Crippen LogP) is 2.05. The molecule has 0 aliphatic rings. The highest BCUT2D eigenvalue weighted by Crippen LogP contribution is 2.22. The average molecular weight is 272 g/mol. The predicted molar refractivity (Wildman–Crippen MR) is 72.0 cm³/mol. The van der Waals surface area contributed by atoms with Crippen LogP contribution in [0.2, 0.25) is 0 Å². The van der Waals surface area contributed by atoms with E-state index in [0.717, 1.165) is 6.07 Å². The summed E-state index contributed by atoms with van der Waals surface area (Å²) in [5.74, 6) is -1.93. The molecule has 0 saturated heterocycles. The molecule has 1 amide bonds. The standard InChI is InChI=1S/C14H12N2O4/c1-8-3-2-6-15-12(8)13(18)16-11-5-4-9(17)7-10(11)14(19)20/h2-7,17H,1H3,(H,16,18)(H,19,20). The second kappa shape index (κ2) is 5.40. The first kappa shape index (κ1) is 13.5. The summed E-state index contributed by atoms with van der Waals surface area (Å²) in [4.78, 5) is 27.1. The Kier molecular flexibility index (Phi) is 3.65. The van der Waals surface area contributed by atoms with E-state index in [4.69, 9.17) is 5.11 Å². The summed E-state index contributed by atoms with van der Waals surface area (Å²) in [5, 5.41) is 20.8. The minimum absolute atomic E-state index is 0.102. The van der Waals surface area contributed by atoms with Crippen molar-refractivity contribution in [1.29, 1.82) is 0 Å². The number of aromatic hydroxyl groups is 1. The zero-order valence-electron chi connectivity index (χ0n) is 10.6. The maximum atomic E-state index is 12.1. The van der Waals surface area contributed by atoms with Crippen molar-refractivity contribution in [2.45, 2.75) is 6.92 Å². The molecule has 0 unspecified atom stereocenters. The van der Waals surface area contributed by atoms with Crippen molar-refractivity contribution in [2.24, 2.45) is 0 Å². The second-order valence-electron chi connectivity index (χ2n) is 4.16. The van der Waals surface area contributed by atoms with Crippen LogP contribution in [0, 0.1) is 6.92 Å². The Balaban J connectivity index is 2.33. The average Bonchev–Trinajstić information content (AvgIpc) is 2.41. The van der Waals surface area contributed by atoms with E-state index in [1.165, 1.54) is 18.3 Å². The van der Waals surface area contributed by atoms with Gasteiger partial charge >= 0.3 is 5.97 Å². The zero-order valence-corrected chi connectivity index (χ0v) is 10.6. The first-order valence-electron chi connectivity index (χ1n) is 5.78. The van der Waals surface area contributed by atoms with Crippen molar-refractivity contribution in [2.75, 3.05) is 5.32 Å². The van der Waals surface area contributed by atoms with Gasteiger partial charge in [-0.3, -0.25) is 9.78 Å². The molecule has 0 atom stereocenters. The van der Waals surface area contributed by atoms with Crippen LogP contribution in [-0.4, -0.2) is 27.1 Å². The first-order valence-corrected chi connectivity index (χ1v) is 5.78. The Labute approximate surface area is 114 Å². The molecular formula is C14H12N2O4. The number of carbonyl (C=O) groups excluding carboxylic acids is 1. The van der Waals surface area contributed by atoms with Crippen molar-refractivity contribution >= 4 is 17.6 Å². The number of phenols is 1. The SMILES string of the molecule is Cc1cccnc1C(=O)Nc1ccc(O)cc1C(=O)O. The van der Waals surface area contributed by atoms with Crippen LogP contribution in [0.1, 0.15) is 26.4 Å². The maximum absolute atomic E-state index is 12.1. The summed E-state index contributed by atoms with van der Waals surface area (Å²) in [6.45, 7) is 1.73. The van der Waals surface area contributed by atoms with Crippen LogP contribution in [0.5, 0.6) is 5.75 Å². The Morgan fingerprint density at radius 2 is 2.00 bits per heavy atom. The van der Waals surface area contributed by atoms with E-state index in [2.05, 4.69) is 10.3 Å². The minimum atomic E-state index is -1.24. The zero-order chi connectivity index (χ0) is 14.7. The normalized spacial score (nSPS) is 10.1. The Morgan fingerprint density at radius 1 is 1.25 bits per heavy atom. The molecule has 1 heterocycles. The molecule has 0 radical (unpaired) electrons. The van der Waals surface area contributed by atoms with Gasteiger partial charge in [-0.2, -0.15) is 0 Å². The third-order valence-electron chi connectivity index (χ3n) is 2.71. The van der Waals surface area contributed by atoms with Crippen LogP contribution in [-0.2, 0) is 0 Å². The summed E-state index contributed by atoms with van der Waals surface area (Å²) in [5.41, 5.74) is 0.815. The van der Waals surface area contributed by atoms with Crippen LogP contribution in [0.4, 0.5) is 5.69 Å². The van der Waals surface area contributed by atoms with Crippen molar-refractivity contribution in [1.82, 2.24) is 4.98 Å². The molecule has 20 heavy (non-hydrogen) atoms. The van der Waals surface area contributed by atoms with E-state index in [1.54, 1.807) is 19.1 Å². The van der Waals surface area contributed by atoms with Gasteiger partial charge in [0.1, 0.15) is 11.4 Å². The van der Waals surface area contributed by atoms with Crippen LogP contribution < -0.4 is 5.32 Å². The smallest absolute Gasteiger partial charge is 0.337 e. The number of aromatic carboxylic acids is 1.